The normalized spacial score (nSPS) is 9.96. The molecule has 0 atom stereocenters. The molecule has 5 nitrogen and oxygen atoms in total. The van der Waals surface area contributed by atoms with Crippen LogP contribution in [0.1, 0.15) is 17.3 Å². The summed E-state index contributed by atoms with van der Waals surface area (Å²) in [5, 5.41) is 8.88. The van der Waals surface area contributed by atoms with E-state index in [-0.39, 0.29) is 11.0 Å². The summed E-state index contributed by atoms with van der Waals surface area (Å²) in [6.45, 7) is 1.42. The summed E-state index contributed by atoms with van der Waals surface area (Å²) in [5.41, 5.74) is 1.53. The first-order valence-corrected chi connectivity index (χ1v) is 7.96. The van der Waals surface area contributed by atoms with Gasteiger partial charge in [0.15, 0.2) is 5.11 Å². The van der Waals surface area contributed by atoms with E-state index in [2.05, 4.69) is 16.0 Å². The van der Waals surface area contributed by atoms with Gasteiger partial charge in [-0.15, -0.1) is 0 Å². The minimum Gasteiger partial charge on any atom is -0.332 e. The summed E-state index contributed by atoms with van der Waals surface area (Å²) in [7, 11) is 0. The zero-order valence-electron chi connectivity index (χ0n) is 12.5. The van der Waals surface area contributed by atoms with Crippen LogP contribution in [0.4, 0.5) is 11.4 Å². The molecule has 24 heavy (non-hydrogen) atoms. The maximum atomic E-state index is 12.1. The fourth-order valence-electron chi connectivity index (χ4n) is 1.90. The molecule has 0 unspecified atom stereocenters. The topological polar surface area (TPSA) is 70.2 Å². The van der Waals surface area contributed by atoms with Gasteiger partial charge < -0.3 is 10.6 Å². The number of amides is 2. The second kappa shape index (κ2) is 8.10. The van der Waals surface area contributed by atoms with E-state index < -0.39 is 5.91 Å². The number of carbonyl (C=O) groups excluding carboxylic acids is 2. The summed E-state index contributed by atoms with van der Waals surface area (Å²) in [6, 6.07) is 11.4. The molecule has 2 rings (SSSR count). The number of nitrogens with one attached hydrogen (secondary N) is 3. The van der Waals surface area contributed by atoms with Gasteiger partial charge in [0.1, 0.15) is 0 Å². The van der Waals surface area contributed by atoms with Crippen molar-refractivity contribution in [1.82, 2.24) is 5.32 Å². The molecular formula is C16H13Cl2N3O2S. The molecule has 0 fully saturated rings. The van der Waals surface area contributed by atoms with Crippen LogP contribution in [0.25, 0.3) is 0 Å². The Kier molecular flexibility index (Phi) is 6.14. The lowest BCUT2D eigenvalue weighted by Gasteiger charge is -2.11. The second-order valence-electron chi connectivity index (χ2n) is 4.83. The van der Waals surface area contributed by atoms with Gasteiger partial charge in [-0.3, -0.25) is 14.9 Å². The first-order chi connectivity index (χ1) is 11.3. The minimum absolute atomic E-state index is 0.107. The molecule has 0 aliphatic rings. The zero-order chi connectivity index (χ0) is 17.7. The van der Waals surface area contributed by atoms with Gasteiger partial charge in [0.2, 0.25) is 5.91 Å². The molecule has 124 valence electrons. The van der Waals surface area contributed by atoms with Crippen molar-refractivity contribution in [2.45, 2.75) is 6.92 Å². The average Bonchev–Trinajstić information content (AvgIpc) is 2.45. The highest BCUT2D eigenvalue weighted by Gasteiger charge is 2.10. The van der Waals surface area contributed by atoms with Gasteiger partial charge in [-0.05, 0) is 48.6 Å². The average molecular weight is 382 g/mol. The fourth-order valence-corrected chi connectivity index (χ4v) is 2.64. The van der Waals surface area contributed by atoms with E-state index >= 15 is 0 Å². The molecule has 2 aromatic carbocycles. The summed E-state index contributed by atoms with van der Waals surface area (Å²) < 4.78 is 0. The largest absolute Gasteiger partial charge is 0.332 e. The predicted molar refractivity (Wildman–Crippen MR) is 101 cm³/mol. The minimum atomic E-state index is -0.435. The van der Waals surface area contributed by atoms with Gasteiger partial charge >= 0.3 is 0 Å². The molecule has 0 saturated carbocycles. The van der Waals surface area contributed by atoms with E-state index in [1.54, 1.807) is 24.3 Å². The Hall–Kier alpha value is -2.15. The number of carbonyl (C=O) groups is 2. The zero-order valence-corrected chi connectivity index (χ0v) is 14.9. The molecule has 8 heteroatoms. The van der Waals surface area contributed by atoms with Crippen LogP contribution in [0.15, 0.2) is 42.5 Å². The van der Waals surface area contributed by atoms with Crippen molar-refractivity contribution in [3.05, 3.63) is 58.1 Å². The van der Waals surface area contributed by atoms with Crippen LogP contribution in [-0.4, -0.2) is 16.9 Å². The number of hydrogen-bond donors (Lipinski definition) is 3. The van der Waals surface area contributed by atoms with Gasteiger partial charge in [-0.25, -0.2) is 0 Å². The van der Waals surface area contributed by atoms with Crippen molar-refractivity contribution in [2.24, 2.45) is 0 Å². The Morgan fingerprint density at radius 3 is 2.12 bits per heavy atom. The molecule has 0 radical (unpaired) electrons. The Morgan fingerprint density at radius 2 is 1.54 bits per heavy atom. The van der Waals surface area contributed by atoms with Crippen molar-refractivity contribution in [3.8, 4) is 0 Å². The Balaban J connectivity index is 2.02. The van der Waals surface area contributed by atoms with Crippen molar-refractivity contribution in [2.75, 3.05) is 10.6 Å². The summed E-state index contributed by atoms with van der Waals surface area (Å²) in [6.07, 6.45) is 0. The molecule has 0 aromatic heterocycles. The molecule has 2 amide bonds. The van der Waals surface area contributed by atoms with Crippen LogP contribution in [-0.2, 0) is 4.79 Å². The van der Waals surface area contributed by atoms with Gasteiger partial charge in [-0.2, -0.15) is 0 Å². The maximum Gasteiger partial charge on any atom is 0.257 e. The first-order valence-electron chi connectivity index (χ1n) is 6.79. The molecule has 0 bridgehead atoms. The molecule has 0 aliphatic carbocycles. The lowest BCUT2D eigenvalue weighted by Crippen LogP contribution is -2.34. The van der Waals surface area contributed by atoms with Crippen molar-refractivity contribution in [3.63, 3.8) is 0 Å². The third-order valence-corrected chi connectivity index (χ3v) is 3.43. The first kappa shape index (κ1) is 18.2. The highest BCUT2D eigenvalue weighted by molar-refractivity contribution is 7.80. The van der Waals surface area contributed by atoms with Gasteiger partial charge in [0.25, 0.3) is 5.91 Å². The van der Waals surface area contributed by atoms with Gasteiger partial charge in [-0.1, -0.05) is 29.3 Å². The standard InChI is InChI=1S/C16H13Cl2N3O2S/c1-9(22)19-13-3-2-4-14(8-13)20-16(24)21-15(23)10-5-11(17)7-12(18)6-10/h2-8H,1H3,(H,19,22)(H2,20,21,23,24). The predicted octanol–water partition coefficient (Wildman–Crippen LogP) is 4.08. The number of benzene rings is 2. The van der Waals surface area contributed by atoms with Crippen LogP contribution in [0.2, 0.25) is 10.0 Å². The Bertz CT molecular complexity index is 791. The van der Waals surface area contributed by atoms with E-state index in [4.69, 9.17) is 35.4 Å². The number of hydrogen-bond acceptors (Lipinski definition) is 3. The van der Waals surface area contributed by atoms with E-state index in [1.807, 2.05) is 0 Å². The van der Waals surface area contributed by atoms with Crippen molar-refractivity contribution in [1.29, 1.82) is 0 Å². The van der Waals surface area contributed by atoms with Crippen LogP contribution in [0.5, 0.6) is 0 Å². The lowest BCUT2D eigenvalue weighted by atomic mass is 10.2. The van der Waals surface area contributed by atoms with E-state index in [1.165, 1.54) is 25.1 Å². The van der Waals surface area contributed by atoms with E-state index in [0.29, 0.717) is 27.0 Å². The molecule has 0 saturated heterocycles. The number of thiocarbonyl (C=S) groups is 1. The third-order valence-electron chi connectivity index (χ3n) is 2.79. The summed E-state index contributed by atoms with van der Waals surface area (Å²) in [4.78, 5) is 23.2. The van der Waals surface area contributed by atoms with Crippen LogP contribution < -0.4 is 16.0 Å². The van der Waals surface area contributed by atoms with Crippen molar-refractivity contribution >= 4 is 63.7 Å². The van der Waals surface area contributed by atoms with Crippen LogP contribution >= 0.6 is 35.4 Å². The highest BCUT2D eigenvalue weighted by atomic mass is 35.5. The SMILES string of the molecule is CC(=O)Nc1cccc(NC(=S)NC(=O)c2cc(Cl)cc(Cl)c2)c1. The highest BCUT2D eigenvalue weighted by Crippen LogP contribution is 2.19. The van der Waals surface area contributed by atoms with Gasteiger partial charge in [0.05, 0.1) is 0 Å². The molecule has 2 aromatic rings. The maximum absolute atomic E-state index is 12.1. The number of anilines is 2. The third kappa shape index (κ3) is 5.49. The van der Waals surface area contributed by atoms with Gasteiger partial charge in [0, 0.05) is 33.9 Å². The molecule has 0 spiro atoms. The van der Waals surface area contributed by atoms with Crippen LogP contribution in [0, 0.1) is 0 Å². The number of rotatable bonds is 3. The summed E-state index contributed by atoms with van der Waals surface area (Å²) in [5.74, 6) is -0.615. The second-order valence-corrected chi connectivity index (χ2v) is 6.11. The fraction of sp³-hybridized carbons (Fsp3) is 0.0625. The number of halogens is 2. The molecule has 3 N–H and O–H groups in total. The monoisotopic (exact) mass is 381 g/mol. The molecular weight excluding hydrogens is 369 g/mol. The van der Waals surface area contributed by atoms with E-state index in [0.717, 1.165) is 0 Å². The Morgan fingerprint density at radius 1 is 0.958 bits per heavy atom. The quantitative estimate of drug-likeness (QED) is 0.700. The van der Waals surface area contributed by atoms with Crippen LogP contribution in [0.3, 0.4) is 0 Å². The Labute approximate surface area is 154 Å². The summed E-state index contributed by atoms with van der Waals surface area (Å²) >= 11 is 16.9. The smallest absolute Gasteiger partial charge is 0.257 e. The van der Waals surface area contributed by atoms with E-state index in [9.17, 15) is 9.59 Å². The molecule has 0 aliphatic heterocycles. The lowest BCUT2D eigenvalue weighted by molar-refractivity contribution is -0.114. The van der Waals surface area contributed by atoms with Crippen molar-refractivity contribution < 1.29 is 9.59 Å². The molecule has 0 heterocycles.